The second kappa shape index (κ2) is 15.0. The van der Waals surface area contributed by atoms with Crippen molar-refractivity contribution in [2.24, 2.45) is 5.92 Å². The van der Waals surface area contributed by atoms with E-state index in [2.05, 4.69) is 20.8 Å². The van der Waals surface area contributed by atoms with E-state index in [1.165, 1.54) is 25.7 Å². The topological polar surface area (TPSA) is 94.8 Å². The molecule has 2 atom stereocenters. The molecule has 0 aromatic rings. The number of rotatable bonds is 7. The molecule has 0 aliphatic heterocycles. The van der Waals surface area contributed by atoms with Gasteiger partial charge in [-0.3, -0.25) is 4.79 Å². The molecule has 3 N–H and O–H groups in total. The van der Waals surface area contributed by atoms with Crippen LogP contribution in [0.5, 0.6) is 0 Å². The third-order valence-corrected chi connectivity index (χ3v) is 2.20. The van der Waals surface area contributed by atoms with Gasteiger partial charge in [-0.2, -0.15) is 5.92 Å². The number of hydrogen-bond acceptors (Lipinski definition) is 3. The Balaban J connectivity index is -0.000000238. The Labute approximate surface area is 131 Å². The number of aliphatic carboxylic acids is 2. The van der Waals surface area contributed by atoms with Crippen molar-refractivity contribution in [3.8, 4) is 0 Å². The molecule has 18 heavy (non-hydrogen) atoms. The standard InChI is InChI=1S/C8H17.C4H6O5.Na/c1-4-6-7-8(3)5-2;5-2(4(8)9)1-3(6)7;/h8H,3-7H2,1-2H3;2,5H,1H2,(H,6,7)(H,8,9);/q-1;;+1. The first-order valence-electron chi connectivity index (χ1n) is 5.80. The predicted octanol–water partition coefficient (Wildman–Crippen LogP) is -1.05. The minimum absolute atomic E-state index is 0. The summed E-state index contributed by atoms with van der Waals surface area (Å²) in [6.07, 6.45) is 2.67. The van der Waals surface area contributed by atoms with Crippen molar-refractivity contribution in [2.45, 2.75) is 52.1 Å². The summed E-state index contributed by atoms with van der Waals surface area (Å²) in [5.74, 6) is -2.14. The zero-order chi connectivity index (χ0) is 13.8. The summed E-state index contributed by atoms with van der Waals surface area (Å²) in [4.78, 5) is 19.4. The number of carbonyl (C=O) groups is 2. The van der Waals surface area contributed by atoms with E-state index in [1.807, 2.05) is 0 Å². The Hall–Kier alpha value is -0.100. The number of hydrogen-bond donors (Lipinski definition) is 3. The van der Waals surface area contributed by atoms with Crippen LogP contribution in [0.4, 0.5) is 0 Å². The first kappa shape index (κ1) is 23.0. The van der Waals surface area contributed by atoms with Crippen LogP contribution in [-0.4, -0.2) is 33.4 Å². The van der Waals surface area contributed by atoms with Crippen LogP contribution in [0.2, 0.25) is 0 Å². The molecule has 0 radical (unpaired) electrons. The van der Waals surface area contributed by atoms with Crippen LogP contribution in [0.3, 0.4) is 0 Å². The van der Waals surface area contributed by atoms with Gasteiger partial charge in [-0.15, -0.1) is 0 Å². The van der Waals surface area contributed by atoms with Crippen molar-refractivity contribution in [3.63, 3.8) is 0 Å². The molecule has 0 aliphatic carbocycles. The van der Waals surface area contributed by atoms with E-state index in [0.29, 0.717) is 5.92 Å². The Morgan fingerprint density at radius 1 is 1.22 bits per heavy atom. The maximum absolute atomic E-state index is 9.72. The van der Waals surface area contributed by atoms with E-state index in [1.54, 1.807) is 0 Å². The van der Waals surface area contributed by atoms with Crippen molar-refractivity contribution >= 4 is 11.9 Å². The second-order valence-corrected chi connectivity index (χ2v) is 3.87. The molecule has 0 aromatic heterocycles. The summed E-state index contributed by atoms with van der Waals surface area (Å²) in [5, 5.41) is 24.1. The van der Waals surface area contributed by atoms with E-state index < -0.39 is 24.5 Å². The molecule has 0 spiro atoms. The van der Waals surface area contributed by atoms with Gasteiger partial charge in [0, 0.05) is 0 Å². The first-order chi connectivity index (χ1) is 7.84. The fourth-order valence-corrected chi connectivity index (χ4v) is 0.950. The summed E-state index contributed by atoms with van der Waals surface area (Å²) in [7, 11) is 0. The largest absolute Gasteiger partial charge is 1.00 e. The third-order valence-electron chi connectivity index (χ3n) is 2.20. The molecular weight excluding hydrogens is 247 g/mol. The second-order valence-electron chi connectivity index (χ2n) is 3.87. The van der Waals surface area contributed by atoms with Crippen molar-refractivity contribution < 1.29 is 54.5 Å². The summed E-state index contributed by atoms with van der Waals surface area (Å²) in [6, 6.07) is 0. The number of aliphatic hydroxyl groups excluding tert-OH is 1. The Morgan fingerprint density at radius 3 is 1.94 bits per heavy atom. The van der Waals surface area contributed by atoms with E-state index >= 15 is 0 Å². The van der Waals surface area contributed by atoms with Crippen LogP contribution in [0.1, 0.15) is 46.0 Å². The van der Waals surface area contributed by atoms with Crippen LogP contribution in [0.15, 0.2) is 0 Å². The predicted molar refractivity (Wildman–Crippen MR) is 64.6 cm³/mol. The average Bonchev–Trinajstić information content (AvgIpc) is 2.25. The van der Waals surface area contributed by atoms with E-state index in [4.69, 9.17) is 15.3 Å². The van der Waals surface area contributed by atoms with Crippen LogP contribution < -0.4 is 29.6 Å². The van der Waals surface area contributed by atoms with Crippen molar-refractivity contribution in [3.05, 3.63) is 6.92 Å². The number of carboxylic acids is 2. The van der Waals surface area contributed by atoms with Crippen molar-refractivity contribution in [1.29, 1.82) is 0 Å². The molecule has 0 saturated heterocycles. The molecule has 2 unspecified atom stereocenters. The van der Waals surface area contributed by atoms with Crippen molar-refractivity contribution in [1.82, 2.24) is 0 Å². The summed E-state index contributed by atoms with van der Waals surface area (Å²) in [6.45, 7) is 8.42. The molecule has 5 nitrogen and oxygen atoms in total. The van der Waals surface area contributed by atoms with Gasteiger partial charge in [0.1, 0.15) is 0 Å². The molecule has 0 rings (SSSR count). The molecule has 0 saturated carbocycles. The normalized spacial score (nSPS) is 12.4. The zero-order valence-electron chi connectivity index (χ0n) is 11.6. The molecule has 6 heteroatoms. The SMILES string of the molecule is O=C(O)CC(O)C(=O)O.[CH2-]C(CC)CCCC.[Na+]. The van der Waals surface area contributed by atoms with Crippen LogP contribution in [-0.2, 0) is 9.59 Å². The van der Waals surface area contributed by atoms with Crippen LogP contribution in [0, 0.1) is 12.8 Å². The smallest absolute Gasteiger partial charge is 0.481 e. The molecule has 0 amide bonds. The van der Waals surface area contributed by atoms with Gasteiger partial charge in [-0.25, -0.2) is 4.79 Å². The molecular formula is C12H23NaO5. The van der Waals surface area contributed by atoms with Gasteiger partial charge < -0.3 is 22.2 Å². The van der Waals surface area contributed by atoms with Crippen LogP contribution >= 0.6 is 0 Å². The fourth-order valence-electron chi connectivity index (χ4n) is 0.950. The molecule has 0 aromatic carbocycles. The van der Waals surface area contributed by atoms with Gasteiger partial charge in [0.05, 0.1) is 6.42 Å². The summed E-state index contributed by atoms with van der Waals surface area (Å²) >= 11 is 0. The van der Waals surface area contributed by atoms with Crippen molar-refractivity contribution in [2.75, 3.05) is 0 Å². The Kier molecular flexibility index (Phi) is 19.1. The Bertz CT molecular complexity index is 221. The van der Waals surface area contributed by atoms with Gasteiger partial charge in [0.2, 0.25) is 0 Å². The number of unbranched alkanes of at least 4 members (excludes halogenated alkanes) is 1. The van der Waals surface area contributed by atoms with E-state index in [-0.39, 0.29) is 29.6 Å². The fraction of sp³-hybridized carbons (Fsp3) is 0.750. The summed E-state index contributed by atoms with van der Waals surface area (Å²) < 4.78 is 0. The van der Waals surface area contributed by atoms with Gasteiger partial charge in [-0.1, -0.05) is 39.5 Å². The van der Waals surface area contributed by atoms with Gasteiger partial charge >= 0.3 is 41.5 Å². The Morgan fingerprint density at radius 2 is 1.72 bits per heavy atom. The monoisotopic (exact) mass is 270 g/mol. The number of aliphatic hydroxyl groups is 1. The maximum Gasteiger partial charge on any atom is 1.00 e. The van der Waals surface area contributed by atoms with Gasteiger partial charge in [0.15, 0.2) is 6.10 Å². The minimum Gasteiger partial charge on any atom is -0.481 e. The van der Waals surface area contributed by atoms with E-state index in [0.717, 1.165) is 0 Å². The molecule has 0 aliphatic rings. The zero-order valence-corrected chi connectivity index (χ0v) is 13.6. The average molecular weight is 270 g/mol. The van der Waals surface area contributed by atoms with E-state index in [9.17, 15) is 9.59 Å². The van der Waals surface area contributed by atoms with Gasteiger partial charge in [0.25, 0.3) is 0 Å². The first-order valence-corrected chi connectivity index (χ1v) is 5.80. The molecule has 0 heterocycles. The molecule has 0 fully saturated rings. The minimum atomic E-state index is -1.79. The van der Waals surface area contributed by atoms with Crippen LogP contribution in [0.25, 0.3) is 0 Å². The van der Waals surface area contributed by atoms with Gasteiger partial charge in [-0.05, 0) is 0 Å². The quantitative estimate of drug-likeness (QED) is 0.405. The molecule has 102 valence electrons. The summed E-state index contributed by atoms with van der Waals surface area (Å²) in [5.41, 5.74) is 0. The third kappa shape index (κ3) is 18.3. The maximum atomic E-state index is 9.72. The number of carboxylic acid groups (broad SMARTS) is 2. The molecule has 0 bridgehead atoms.